The average molecular weight is 437 g/mol. The van der Waals surface area contributed by atoms with Crippen molar-refractivity contribution >= 4 is 11.0 Å². The molecule has 1 N–H and O–H groups in total. The highest BCUT2D eigenvalue weighted by molar-refractivity contribution is 5.81. The Balaban J connectivity index is 1.10. The molecule has 32 heavy (non-hydrogen) atoms. The zero-order valence-corrected chi connectivity index (χ0v) is 18.1. The highest BCUT2D eigenvalue weighted by Crippen LogP contribution is 2.31. The second-order valence-electron chi connectivity index (χ2n) is 7.94. The second-order valence-corrected chi connectivity index (χ2v) is 7.94. The van der Waals surface area contributed by atoms with E-state index in [9.17, 15) is 0 Å². The molecule has 3 aromatic rings. The van der Waals surface area contributed by atoms with Crippen molar-refractivity contribution in [1.82, 2.24) is 15.3 Å². The van der Waals surface area contributed by atoms with Crippen molar-refractivity contribution in [3.8, 4) is 23.1 Å². The van der Waals surface area contributed by atoms with E-state index in [1.54, 1.807) is 13.3 Å². The maximum absolute atomic E-state index is 6.06. The van der Waals surface area contributed by atoms with E-state index in [0.717, 1.165) is 36.4 Å². The van der Waals surface area contributed by atoms with Gasteiger partial charge < -0.3 is 29.0 Å². The van der Waals surface area contributed by atoms with E-state index in [0.29, 0.717) is 49.6 Å². The predicted molar refractivity (Wildman–Crippen MR) is 119 cm³/mol. The minimum Gasteiger partial charge on any atom is -0.489 e. The Labute approximate surface area is 186 Å². The third-order valence-electron chi connectivity index (χ3n) is 5.72. The number of methoxy groups -OCH3 is 1. The molecule has 1 saturated heterocycles. The van der Waals surface area contributed by atoms with Crippen LogP contribution in [-0.2, 0) is 11.3 Å². The summed E-state index contributed by atoms with van der Waals surface area (Å²) in [6, 6.07) is 12.1. The van der Waals surface area contributed by atoms with Gasteiger partial charge in [-0.1, -0.05) is 12.1 Å². The number of rotatable bonds is 7. The number of para-hydroxylation sites is 1. The fourth-order valence-electron chi connectivity index (χ4n) is 3.95. The fourth-order valence-corrected chi connectivity index (χ4v) is 3.95. The second kappa shape index (κ2) is 9.58. The Morgan fingerprint density at radius 1 is 1.09 bits per heavy atom. The van der Waals surface area contributed by atoms with Crippen LogP contribution in [0.3, 0.4) is 0 Å². The van der Waals surface area contributed by atoms with Crippen molar-refractivity contribution in [2.75, 3.05) is 33.5 Å². The SMILES string of the molecule is COc1cnc2cccc(OC[C@@H]3CC[C@@H](NCc4ccc5c(c4)OCCO5)CO3)c2n1. The molecule has 1 aromatic heterocycles. The van der Waals surface area contributed by atoms with Crippen molar-refractivity contribution in [3.05, 3.63) is 48.2 Å². The maximum Gasteiger partial charge on any atom is 0.232 e. The normalized spacial score (nSPS) is 20.2. The third-order valence-corrected chi connectivity index (χ3v) is 5.72. The third kappa shape index (κ3) is 4.71. The van der Waals surface area contributed by atoms with Gasteiger partial charge >= 0.3 is 0 Å². The van der Waals surface area contributed by atoms with Crippen LogP contribution in [0.25, 0.3) is 11.0 Å². The summed E-state index contributed by atoms with van der Waals surface area (Å²) in [5, 5.41) is 3.58. The molecule has 0 bridgehead atoms. The topological polar surface area (TPSA) is 84.0 Å². The van der Waals surface area contributed by atoms with Gasteiger partial charge in [0.15, 0.2) is 11.5 Å². The average Bonchev–Trinajstić information content (AvgIpc) is 2.86. The van der Waals surface area contributed by atoms with Crippen LogP contribution in [0.4, 0.5) is 0 Å². The Bertz CT molecular complexity index is 1070. The molecule has 0 saturated carbocycles. The van der Waals surface area contributed by atoms with Crippen molar-refractivity contribution in [1.29, 1.82) is 0 Å². The lowest BCUT2D eigenvalue weighted by Gasteiger charge is -2.30. The van der Waals surface area contributed by atoms with Gasteiger partial charge in [-0.3, -0.25) is 0 Å². The number of benzene rings is 2. The van der Waals surface area contributed by atoms with Gasteiger partial charge in [-0.25, -0.2) is 9.97 Å². The molecule has 2 aliphatic heterocycles. The first kappa shape index (κ1) is 20.8. The number of ether oxygens (including phenoxy) is 5. The lowest BCUT2D eigenvalue weighted by molar-refractivity contribution is -0.0262. The molecule has 2 atom stereocenters. The summed E-state index contributed by atoms with van der Waals surface area (Å²) >= 11 is 0. The summed E-state index contributed by atoms with van der Waals surface area (Å²) in [6.07, 6.45) is 3.62. The van der Waals surface area contributed by atoms with E-state index in [4.69, 9.17) is 23.7 Å². The molecule has 1 fully saturated rings. The van der Waals surface area contributed by atoms with Crippen LogP contribution in [0.5, 0.6) is 23.1 Å². The van der Waals surface area contributed by atoms with Gasteiger partial charge in [0, 0.05) is 12.6 Å². The van der Waals surface area contributed by atoms with Crippen molar-refractivity contribution in [2.24, 2.45) is 0 Å². The first-order chi connectivity index (χ1) is 15.8. The number of aromatic nitrogens is 2. The molecular formula is C24H27N3O5. The minimum absolute atomic E-state index is 0.0520. The van der Waals surface area contributed by atoms with Crippen molar-refractivity contribution < 1.29 is 23.7 Å². The Hall–Kier alpha value is -3.10. The van der Waals surface area contributed by atoms with E-state index in [2.05, 4.69) is 21.4 Å². The lowest BCUT2D eigenvalue weighted by atomic mass is 10.0. The van der Waals surface area contributed by atoms with E-state index >= 15 is 0 Å². The number of hydrogen-bond acceptors (Lipinski definition) is 8. The molecule has 0 unspecified atom stereocenters. The van der Waals surface area contributed by atoms with Crippen LogP contribution in [0.2, 0.25) is 0 Å². The fraction of sp³-hybridized carbons (Fsp3) is 0.417. The van der Waals surface area contributed by atoms with Crippen LogP contribution in [0.15, 0.2) is 42.6 Å². The van der Waals surface area contributed by atoms with Crippen LogP contribution in [0, 0.1) is 0 Å². The Morgan fingerprint density at radius 2 is 2.00 bits per heavy atom. The van der Waals surface area contributed by atoms with E-state index in [-0.39, 0.29) is 6.10 Å². The van der Waals surface area contributed by atoms with Gasteiger partial charge in [0.05, 0.1) is 31.5 Å². The van der Waals surface area contributed by atoms with Gasteiger partial charge in [0.1, 0.15) is 31.1 Å². The van der Waals surface area contributed by atoms with Gasteiger partial charge in [0.25, 0.3) is 0 Å². The number of nitrogens with zero attached hydrogens (tertiary/aromatic N) is 2. The Morgan fingerprint density at radius 3 is 2.84 bits per heavy atom. The molecule has 0 radical (unpaired) electrons. The first-order valence-corrected chi connectivity index (χ1v) is 10.9. The summed E-state index contributed by atoms with van der Waals surface area (Å²) in [4.78, 5) is 8.84. The summed E-state index contributed by atoms with van der Waals surface area (Å²) in [7, 11) is 1.58. The number of nitrogens with one attached hydrogen (secondary N) is 1. The van der Waals surface area contributed by atoms with Crippen LogP contribution in [0.1, 0.15) is 18.4 Å². The first-order valence-electron chi connectivity index (χ1n) is 10.9. The lowest BCUT2D eigenvalue weighted by Crippen LogP contribution is -2.41. The zero-order chi connectivity index (χ0) is 21.8. The van der Waals surface area contributed by atoms with Gasteiger partial charge in [-0.2, -0.15) is 0 Å². The molecular weight excluding hydrogens is 410 g/mol. The monoisotopic (exact) mass is 437 g/mol. The highest BCUT2D eigenvalue weighted by atomic mass is 16.6. The van der Waals surface area contributed by atoms with Crippen molar-refractivity contribution in [2.45, 2.75) is 31.5 Å². The van der Waals surface area contributed by atoms with E-state index in [1.807, 2.05) is 30.3 Å². The smallest absolute Gasteiger partial charge is 0.232 e. The van der Waals surface area contributed by atoms with E-state index in [1.165, 1.54) is 5.56 Å². The highest BCUT2D eigenvalue weighted by Gasteiger charge is 2.22. The molecule has 8 nitrogen and oxygen atoms in total. The molecule has 3 heterocycles. The van der Waals surface area contributed by atoms with Crippen molar-refractivity contribution in [3.63, 3.8) is 0 Å². The molecule has 2 aromatic carbocycles. The summed E-state index contributed by atoms with van der Waals surface area (Å²) in [6.45, 7) is 3.11. The van der Waals surface area contributed by atoms with Gasteiger partial charge in [-0.15, -0.1) is 0 Å². The molecule has 168 valence electrons. The quantitative estimate of drug-likeness (QED) is 0.604. The van der Waals surface area contributed by atoms with Gasteiger partial charge in [0.2, 0.25) is 5.88 Å². The maximum atomic E-state index is 6.06. The zero-order valence-electron chi connectivity index (χ0n) is 18.1. The standard InChI is InChI=1S/C24H27N3O5/c1-28-23-13-26-19-3-2-4-21(24(19)27-23)32-15-18-7-6-17(14-31-18)25-12-16-5-8-20-22(11-16)30-10-9-29-20/h2-5,8,11,13,17-18,25H,6-7,9-10,12,14-15H2,1H3/t17-,18+/m1/s1. The van der Waals surface area contributed by atoms with Crippen LogP contribution in [-0.4, -0.2) is 55.7 Å². The summed E-state index contributed by atoms with van der Waals surface area (Å²) in [5.74, 6) is 2.80. The molecule has 2 aliphatic rings. The summed E-state index contributed by atoms with van der Waals surface area (Å²) in [5.41, 5.74) is 2.64. The van der Waals surface area contributed by atoms with Crippen LogP contribution >= 0.6 is 0 Å². The largest absolute Gasteiger partial charge is 0.489 e. The molecule has 0 amide bonds. The summed E-state index contributed by atoms with van der Waals surface area (Å²) < 4.78 is 28.5. The number of fused-ring (bicyclic) bond motifs is 2. The molecule has 5 rings (SSSR count). The molecule has 0 spiro atoms. The molecule has 0 aliphatic carbocycles. The predicted octanol–water partition coefficient (Wildman–Crippen LogP) is 3.13. The van der Waals surface area contributed by atoms with E-state index < -0.39 is 0 Å². The van der Waals surface area contributed by atoms with Crippen LogP contribution < -0.4 is 24.3 Å². The minimum atomic E-state index is 0.0520. The number of hydrogen-bond donors (Lipinski definition) is 1. The van der Waals surface area contributed by atoms with Gasteiger partial charge in [-0.05, 0) is 42.7 Å². The molecule has 8 heteroatoms. The Kier molecular flexibility index (Phi) is 6.22.